The average Bonchev–Trinajstić information content (AvgIpc) is 2.84. The summed E-state index contributed by atoms with van der Waals surface area (Å²) >= 11 is 0. The van der Waals surface area contributed by atoms with Crippen LogP contribution in [-0.4, -0.2) is 25.8 Å². The fourth-order valence-corrected chi connectivity index (χ4v) is 2.72. The highest BCUT2D eigenvalue weighted by Gasteiger charge is 2.19. The van der Waals surface area contributed by atoms with Crippen LogP contribution in [0.2, 0.25) is 0 Å². The minimum absolute atomic E-state index is 0.0280. The topological polar surface area (TPSA) is 60.7 Å². The third kappa shape index (κ3) is 3.20. The average molecular weight is 322 g/mol. The number of benzene rings is 1. The molecule has 0 aliphatic heterocycles. The third-order valence-electron chi connectivity index (χ3n) is 3.80. The fourth-order valence-electron chi connectivity index (χ4n) is 2.72. The number of aryl methyl sites for hydroxylation is 1. The molecule has 0 N–H and O–H groups in total. The Labute approximate surface area is 141 Å². The molecule has 0 amide bonds. The first-order valence-electron chi connectivity index (χ1n) is 8.07. The van der Waals surface area contributed by atoms with Crippen LogP contribution in [0.15, 0.2) is 30.3 Å². The molecule has 0 radical (unpaired) electrons. The van der Waals surface area contributed by atoms with E-state index in [1.54, 1.807) is 6.92 Å². The molecule has 0 aliphatic rings. The van der Waals surface area contributed by atoms with Crippen LogP contribution in [0.25, 0.3) is 22.2 Å². The molecule has 1 aromatic carbocycles. The molecule has 0 aliphatic carbocycles. The van der Waals surface area contributed by atoms with E-state index in [0.717, 1.165) is 34.4 Å². The van der Waals surface area contributed by atoms with Crippen LogP contribution in [0.3, 0.4) is 0 Å². The van der Waals surface area contributed by atoms with Gasteiger partial charge in [0.1, 0.15) is 5.69 Å². The molecule has 2 aromatic heterocycles. The Morgan fingerprint density at radius 3 is 2.46 bits per heavy atom. The maximum absolute atomic E-state index is 12.0. The normalized spacial score (nSPS) is 11.9. The molecule has 0 fully saturated rings. The predicted molar refractivity (Wildman–Crippen MR) is 95.0 cm³/mol. The maximum Gasteiger partial charge on any atom is 0.180 e. The minimum atomic E-state index is -0.0280. The Morgan fingerprint density at radius 2 is 1.88 bits per heavy atom. The molecule has 124 valence electrons. The van der Waals surface area contributed by atoms with Crippen molar-refractivity contribution in [1.29, 1.82) is 0 Å². The summed E-state index contributed by atoms with van der Waals surface area (Å²) in [4.78, 5) is 12.0. The second-order valence-electron chi connectivity index (χ2n) is 7.41. The first-order valence-corrected chi connectivity index (χ1v) is 8.07. The largest absolute Gasteiger partial charge is 0.293 e. The number of aromatic nitrogens is 4. The molecule has 0 bridgehead atoms. The van der Waals surface area contributed by atoms with Crippen molar-refractivity contribution < 1.29 is 4.79 Å². The van der Waals surface area contributed by atoms with Crippen molar-refractivity contribution >= 4 is 16.7 Å². The van der Waals surface area contributed by atoms with Crippen LogP contribution in [0.5, 0.6) is 0 Å². The zero-order valence-electron chi connectivity index (χ0n) is 14.8. The molecule has 0 saturated heterocycles. The van der Waals surface area contributed by atoms with Crippen molar-refractivity contribution in [2.45, 2.75) is 41.2 Å². The zero-order valence-corrected chi connectivity index (χ0v) is 14.8. The highest BCUT2D eigenvalue weighted by Crippen LogP contribution is 2.28. The number of hydrogen-bond acceptors (Lipinski definition) is 4. The molecule has 5 nitrogen and oxygen atoms in total. The molecule has 0 atom stereocenters. The molecule has 0 spiro atoms. The van der Waals surface area contributed by atoms with Crippen LogP contribution in [-0.2, 0) is 6.54 Å². The van der Waals surface area contributed by atoms with E-state index in [1.165, 1.54) is 0 Å². The van der Waals surface area contributed by atoms with Crippen LogP contribution in [0, 0.1) is 12.3 Å². The number of rotatable bonds is 3. The number of nitrogens with zero attached hydrogens (tertiary/aromatic N) is 4. The molecule has 24 heavy (non-hydrogen) atoms. The number of ketones is 1. The number of carbonyl (C=O) groups is 1. The van der Waals surface area contributed by atoms with Crippen molar-refractivity contribution in [3.05, 3.63) is 41.7 Å². The van der Waals surface area contributed by atoms with Gasteiger partial charge in [-0.1, -0.05) is 26.8 Å². The van der Waals surface area contributed by atoms with Gasteiger partial charge in [-0.05, 0) is 36.6 Å². The Balaban J connectivity index is 2.16. The van der Waals surface area contributed by atoms with Crippen molar-refractivity contribution in [3.63, 3.8) is 0 Å². The van der Waals surface area contributed by atoms with E-state index in [2.05, 4.69) is 36.1 Å². The van der Waals surface area contributed by atoms with Gasteiger partial charge in [0.25, 0.3) is 0 Å². The summed E-state index contributed by atoms with van der Waals surface area (Å²) in [6.07, 6.45) is 0. The fraction of sp³-hybridized carbons (Fsp3) is 0.368. The molecular weight excluding hydrogens is 300 g/mol. The third-order valence-corrected chi connectivity index (χ3v) is 3.80. The maximum atomic E-state index is 12.0. The highest BCUT2D eigenvalue weighted by atomic mass is 16.1. The van der Waals surface area contributed by atoms with Gasteiger partial charge in [-0.15, -0.1) is 0 Å². The summed E-state index contributed by atoms with van der Waals surface area (Å²) in [6, 6.07) is 9.87. The Morgan fingerprint density at radius 1 is 1.12 bits per heavy atom. The Hall–Kier alpha value is -2.56. The molecule has 0 saturated carbocycles. The van der Waals surface area contributed by atoms with Crippen LogP contribution < -0.4 is 0 Å². The summed E-state index contributed by atoms with van der Waals surface area (Å²) in [6.45, 7) is 10.7. The number of Topliss-reactive ketones (excluding diaryl/α,β-unsaturated/α-hetero) is 1. The Bertz CT molecular complexity index is 902. The van der Waals surface area contributed by atoms with Gasteiger partial charge in [0.2, 0.25) is 0 Å². The number of carbonyl (C=O) groups excluding carboxylic acids is 1. The standard InChI is InChI=1S/C19H22N4O/c1-12-6-8-16(21-20-12)14-7-9-17-15(10-14)18(13(2)24)22-23(17)11-19(3,4)5/h6-10H,11H2,1-5H3. The lowest BCUT2D eigenvalue weighted by Crippen LogP contribution is -2.16. The van der Waals surface area contributed by atoms with E-state index in [9.17, 15) is 4.79 Å². The van der Waals surface area contributed by atoms with Crippen molar-refractivity contribution in [3.8, 4) is 11.3 Å². The second-order valence-corrected chi connectivity index (χ2v) is 7.41. The lowest BCUT2D eigenvalue weighted by molar-refractivity contribution is 0.101. The molecule has 3 aromatic rings. The predicted octanol–water partition coefficient (Wildman–Crippen LogP) is 4.05. The van der Waals surface area contributed by atoms with Gasteiger partial charge in [0, 0.05) is 24.4 Å². The summed E-state index contributed by atoms with van der Waals surface area (Å²) in [5, 5.41) is 13.8. The van der Waals surface area contributed by atoms with Gasteiger partial charge in [0.05, 0.1) is 16.9 Å². The lowest BCUT2D eigenvalue weighted by Gasteiger charge is -2.18. The van der Waals surface area contributed by atoms with Gasteiger partial charge in [-0.25, -0.2) is 0 Å². The lowest BCUT2D eigenvalue weighted by atomic mass is 9.97. The first-order chi connectivity index (χ1) is 11.2. The van der Waals surface area contributed by atoms with E-state index in [1.807, 2.05) is 41.9 Å². The number of hydrogen-bond donors (Lipinski definition) is 0. The van der Waals surface area contributed by atoms with E-state index >= 15 is 0 Å². The second kappa shape index (κ2) is 5.82. The summed E-state index contributed by atoms with van der Waals surface area (Å²) in [5.41, 5.74) is 4.17. The monoisotopic (exact) mass is 322 g/mol. The van der Waals surface area contributed by atoms with E-state index in [0.29, 0.717) is 5.69 Å². The molecule has 0 unspecified atom stereocenters. The van der Waals surface area contributed by atoms with Crippen LogP contribution in [0.1, 0.15) is 43.9 Å². The molecular formula is C19H22N4O. The van der Waals surface area contributed by atoms with E-state index in [4.69, 9.17) is 0 Å². The summed E-state index contributed by atoms with van der Waals surface area (Å²) in [5.74, 6) is -0.0280. The van der Waals surface area contributed by atoms with Gasteiger partial charge < -0.3 is 0 Å². The SMILES string of the molecule is CC(=O)c1nn(CC(C)(C)C)c2ccc(-c3ccc(C)nn3)cc12. The van der Waals surface area contributed by atoms with E-state index < -0.39 is 0 Å². The van der Waals surface area contributed by atoms with Crippen molar-refractivity contribution in [1.82, 2.24) is 20.0 Å². The molecule has 5 heteroatoms. The summed E-state index contributed by atoms with van der Waals surface area (Å²) in [7, 11) is 0. The quantitative estimate of drug-likeness (QED) is 0.683. The minimum Gasteiger partial charge on any atom is -0.293 e. The van der Waals surface area contributed by atoms with Crippen molar-refractivity contribution in [2.75, 3.05) is 0 Å². The van der Waals surface area contributed by atoms with Crippen LogP contribution in [0.4, 0.5) is 0 Å². The van der Waals surface area contributed by atoms with Gasteiger partial charge in [0.15, 0.2) is 5.78 Å². The molecule has 3 rings (SSSR count). The van der Waals surface area contributed by atoms with Crippen molar-refractivity contribution in [2.24, 2.45) is 5.41 Å². The van der Waals surface area contributed by atoms with Crippen LogP contribution >= 0.6 is 0 Å². The van der Waals surface area contributed by atoms with Gasteiger partial charge in [-0.2, -0.15) is 15.3 Å². The highest BCUT2D eigenvalue weighted by molar-refractivity contribution is 6.05. The van der Waals surface area contributed by atoms with Gasteiger partial charge >= 0.3 is 0 Å². The Kier molecular flexibility index (Phi) is 3.95. The zero-order chi connectivity index (χ0) is 17.5. The molecule has 2 heterocycles. The first kappa shape index (κ1) is 16.3. The van der Waals surface area contributed by atoms with Gasteiger partial charge in [-0.3, -0.25) is 9.48 Å². The smallest absolute Gasteiger partial charge is 0.180 e. The summed E-state index contributed by atoms with van der Waals surface area (Å²) < 4.78 is 1.93. The van der Waals surface area contributed by atoms with E-state index in [-0.39, 0.29) is 11.2 Å². The number of fused-ring (bicyclic) bond motifs is 1.